The molecule has 4 rings (SSSR count). The Hall–Kier alpha value is -4.06. The van der Waals surface area contributed by atoms with E-state index >= 15 is 0 Å². The summed E-state index contributed by atoms with van der Waals surface area (Å²) in [6.45, 7) is 9.94. The van der Waals surface area contributed by atoms with Crippen LogP contribution in [0.1, 0.15) is 36.4 Å². The third kappa shape index (κ3) is 7.97. The van der Waals surface area contributed by atoms with Crippen molar-refractivity contribution in [1.29, 1.82) is 0 Å². The highest BCUT2D eigenvalue weighted by molar-refractivity contribution is 5.54. The summed E-state index contributed by atoms with van der Waals surface area (Å²) in [5.41, 5.74) is 5.56. The summed E-state index contributed by atoms with van der Waals surface area (Å²) in [7, 11) is 1.69. The van der Waals surface area contributed by atoms with E-state index in [4.69, 9.17) is 18.7 Å². The molecule has 0 radical (unpaired) electrons. The van der Waals surface area contributed by atoms with E-state index in [1.807, 2.05) is 43.3 Å². The molecule has 194 valence electrons. The van der Waals surface area contributed by atoms with Crippen LogP contribution >= 0.6 is 0 Å². The Labute approximate surface area is 219 Å². The van der Waals surface area contributed by atoms with Gasteiger partial charge in [-0.3, -0.25) is 0 Å². The number of aryl methyl sites for hydroxylation is 2. The number of ether oxygens (including phenoxy) is 2. The molecule has 1 aromatic heterocycles. The van der Waals surface area contributed by atoms with Crippen LogP contribution in [0.3, 0.4) is 0 Å². The lowest BCUT2D eigenvalue weighted by molar-refractivity contribution is -0.106. The maximum absolute atomic E-state index is 8.81. The number of benzene rings is 3. The number of oxazole rings is 1. The second kappa shape index (κ2) is 13.9. The van der Waals surface area contributed by atoms with Gasteiger partial charge in [0, 0.05) is 30.8 Å². The minimum atomic E-state index is 0.549. The van der Waals surface area contributed by atoms with Crippen molar-refractivity contribution in [2.45, 2.75) is 40.7 Å². The lowest BCUT2D eigenvalue weighted by Gasteiger charge is -2.23. The number of carbonyl (C=O) groups is 1. The van der Waals surface area contributed by atoms with Crippen molar-refractivity contribution in [3.63, 3.8) is 0 Å². The van der Waals surface area contributed by atoms with Gasteiger partial charge < -0.3 is 23.6 Å². The first-order valence-corrected chi connectivity index (χ1v) is 12.5. The number of nitrogens with zero attached hydrogens (tertiary/aromatic N) is 2. The molecule has 0 saturated heterocycles. The first-order valence-electron chi connectivity index (χ1n) is 12.5. The van der Waals surface area contributed by atoms with Gasteiger partial charge in [-0.25, -0.2) is 4.98 Å². The van der Waals surface area contributed by atoms with Gasteiger partial charge in [0.05, 0.1) is 19.4 Å². The number of aldehydes is 1. The Morgan fingerprint density at radius 1 is 0.919 bits per heavy atom. The van der Waals surface area contributed by atoms with Crippen LogP contribution in [0.2, 0.25) is 0 Å². The number of aromatic nitrogens is 1. The standard InChI is InChI=1S/C29H32N2O3.C2H4O/c1-5-31(25-12-16-26(32-4)17-13-25)20-23-8-14-27(15-9-23)33-19-18-28-22(3)34-29(30-28)24-10-6-21(2)7-11-24;1-2-3/h6-17H,5,18-20H2,1-4H3;2H,1H3. The molecule has 0 aliphatic carbocycles. The van der Waals surface area contributed by atoms with Crippen molar-refractivity contribution in [3.8, 4) is 23.0 Å². The molecule has 3 aromatic carbocycles. The van der Waals surface area contributed by atoms with Crippen LogP contribution in [-0.2, 0) is 17.8 Å². The highest BCUT2D eigenvalue weighted by Gasteiger charge is 2.12. The van der Waals surface area contributed by atoms with Crippen molar-refractivity contribution >= 4 is 12.0 Å². The molecule has 0 atom stereocenters. The molecular weight excluding hydrogens is 464 g/mol. The summed E-state index contributed by atoms with van der Waals surface area (Å²) in [4.78, 5) is 15.8. The zero-order valence-electron chi connectivity index (χ0n) is 22.4. The highest BCUT2D eigenvalue weighted by Crippen LogP contribution is 2.24. The summed E-state index contributed by atoms with van der Waals surface area (Å²) in [6, 6.07) is 24.7. The minimum absolute atomic E-state index is 0.549. The van der Waals surface area contributed by atoms with E-state index < -0.39 is 0 Å². The Kier molecular flexibility index (Phi) is 10.3. The molecule has 0 saturated carbocycles. The van der Waals surface area contributed by atoms with Crippen LogP contribution < -0.4 is 14.4 Å². The van der Waals surface area contributed by atoms with Gasteiger partial charge in [-0.05, 0) is 81.8 Å². The topological polar surface area (TPSA) is 64.8 Å². The van der Waals surface area contributed by atoms with Crippen molar-refractivity contribution < 1.29 is 18.7 Å². The number of hydrogen-bond donors (Lipinski definition) is 0. The molecule has 0 fully saturated rings. The van der Waals surface area contributed by atoms with Gasteiger partial charge >= 0.3 is 0 Å². The van der Waals surface area contributed by atoms with Gasteiger partial charge in [-0.15, -0.1) is 0 Å². The quantitative estimate of drug-likeness (QED) is 0.223. The summed E-state index contributed by atoms with van der Waals surface area (Å²) < 4.78 is 17.1. The van der Waals surface area contributed by atoms with E-state index in [1.54, 1.807) is 7.11 Å². The minimum Gasteiger partial charge on any atom is -0.497 e. The maximum atomic E-state index is 8.81. The lowest BCUT2D eigenvalue weighted by Crippen LogP contribution is -2.21. The van der Waals surface area contributed by atoms with Crippen molar-refractivity contribution in [2.75, 3.05) is 25.2 Å². The molecule has 4 aromatic rings. The molecule has 0 aliphatic heterocycles. The summed E-state index contributed by atoms with van der Waals surface area (Å²) >= 11 is 0. The largest absolute Gasteiger partial charge is 0.497 e. The van der Waals surface area contributed by atoms with Crippen LogP contribution in [-0.4, -0.2) is 31.5 Å². The highest BCUT2D eigenvalue weighted by atomic mass is 16.5. The monoisotopic (exact) mass is 500 g/mol. The molecule has 0 N–H and O–H groups in total. The van der Waals surface area contributed by atoms with Gasteiger partial charge in [-0.1, -0.05) is 29.8 Å². The third-order valence-corrected chi connectivity index (χ3v) is 5.91. The molecule has 0 unspecified atom stereocenters. The zero-order chi connectivity index (χ0) is 26.6. The molecule has 0 bridgehead atoms. The van der Waals surface area contributed by atoms with Crippen LogP contribution in [0.15, 0.2) is 77.2 Å². The smallest absolute Gasteiger partial charge is 0.226 e. The van der Waals surface area contributed by atoms with E-state index in [-0.39, 0.29) is 0 Å². The molecule has 0 spiro atoms. The lowest BCUT2D eigenvalue weighted by atomic mass is 10.1. The summed E-state index contributed by atoms with van der Waals surface area (Å²) in [5.74, 6) is 3.23. The van der Waals surface area contributed by atoms with Gasteiger partial charge in [0.15, 0.2) is 0 Å². The fourth-order valence-electron chi connectivity index (χ4n) is 3.84. The first kappa shape index (κ1) is 27.5. The fourth-order valence-corrected chi connectivity index (χ4v) is 3.84. The van der Waals surface area contributed by atoms with E-state index in [0.29, 0.717) is 18.9 Å². The normalized spacial score (nSPS) is 10.3. The van der Waals surface area contributed by atoms with Gasteiger partial charge in [0.2, 0.25) is 5.89 Å². The maximum Gasteiger partial charge on any atom is 0.226 e. The predicted molar refractivity (Wildman–Crippen MR) is 149 cm³/mol. The van der Waals surface area contributed by atoms with Gasteiger partial charge in [-0.2, -0.15) is 0 Å². The zero-order valence-corrected chi connectivity index (χ0v) is 22.4. The van der Waals surface area contributed by atoms with Crippen molar-refractivity contribution in [2.24, 2.45) is 0 Å². The SMILES string of the molecule is CC=O.CCN(Cc1ccc(OCCc2nc(-c3ccc(C)cc3)oc2C)cc1)c1ccc(OC)cc1. The Bertz CT molecular complexity index is 1230. The third-order valence-electron chi connectivity index (χ3n) is 5.91. The number of anilines is 1. The van der Waals surface area contributed by atoms with Crippen LogP contribution in [0, 0.1) is 13.8 Å². The van der Waals surface area contributed by atoms with E-state index in [9.17, 15) is 0 Å². The van der Waals surface area contributed by atoms with Crippen LogP contribution in [0.25, 0.3) is 11.5 Å². The Morgan fingerprint density at radius 3 is 2.14 bits per heavy atom. The van der Waals surface area contributed by atoms with Gasteiger partial charge in [0.25, 0.3) is 0 Å². The van der Waals surface area contributed by atoms with E-state index in [1.165, 1.54) is 23.7 Å². The fraction of sp³-hybridized carbons (Fsp3) is 0.290. The Morgan fingerprint density at radius 2 is 1.54 bits per heavy atom. The number of carbonyl (C=O) groups excluding carboxylic acids is 1. The molecule has 37 heavy (non-hydrogen) atoms. The molecule has 6 heteroatoms. The van der Waals surface area contributed by atoms with Crippen molar-refractivity contribution in [3.05, 3.63) is 95.4 Å². The first-order chi connectivity index (χ1) is 18.0. The number of methoxy groups -OCH3 is 1. The second-order valence-electron chi connectivity index (χ2n) is 8.58. The van der Waals surface area contributed by atoms with E-state index in [2.05, 4.69) is 60.1 Å². The molecule has 6 nitrogen and oxygen atoms in total. The van der Waals surface area contributed by atoms with Crippen LogP contribution in [0.4, 0.5) is 5.69 Å². The van der Waals surface area contributed by atoms with Crippen LogP contribution in [0.5, 0.6) is 11.5 Å². The molecule has 0 aliphatic rings. The number of hydrogen-bond acceptors (Lipinski definition) is 6. The molecular formula is C31H36N2O4. The molecule has 0 amide bonds. The van der Waals surface area contributed by atoms with E-state index in [0.717, 1.165) is 47.9 Å². The Balaban J connectivity index is 0.00000121. The number of rotatable bonds is 10. The average Bonchev–Trinajstić information content (AvgIpc) is 3.29. The second-order valence-corrected chi connectivity index (χ2v) is 8.58. The molecule has 1 heterocycles. The summed E-state index contributed by atoms with van der Waals surface area (Å²) in [5, 5.41) is 0. The average molecular weight is 501 g/mol. The van der Waals surface area contributed by atoms with Crippen molar-refractivity contribution in [1.82, 2.24) is 4.98 Å². The summed E-state index contributed by atoms with van der Waals surface area (Å²) in [6.07, 6.45) is 1.45. The predicted octanol–water partition coefficient (Wildman–Crippen LogP) is 6.82. The van der Waals surface area contributed by atoms with Gasteiger partial charge in [0.1, 0.15) is 23.5 Å².